The van der Waals surface area contributed by atoms with Gasteiger partial charge in [0.2, 0.25) is 5.91 Å². The summed E-state index contributed by atoms with van der Waals surface area (Å²) in [6.07, 6.45) is 1.42. The Balaban J connectivity index is 1.57. The highest BCUT2D eigenvalue weighted by molar-refractivity contribution is 7.13. The number of ether oxygens (including phenoxy) is 1. The first kappa shape index (κ1) is 19.5. The Kier molecular flexibility index (Phi) is 6.59. The van der Waals surface area contributed by atoms with Crippen LogP contribution in [0.5, 0.6) is 0 Å². The summed E-state index contributed by atoms with van der Waals surface area (Å²) in [7, 11) is 0. The molecule has 0 unspecified atom stereocenters. The zero-order valence-corrected chi connectivity index (χ0v) is 16.3. The minimum Gasteiger partial charge on any atom is -0.459 e. The molecule has 3 heterocycles. The van der Waals surface area contributed by atoms with Crippen molar-refractivity contribution in [3.63, 3.8) is 0 Å². The lowest BCUT2D eigenvalue weighted by atomic mass is 10.0. The average molecular weight is 392 g/mol. The zero-order chi connectivity index (χ0) is 19.2. The maximum Gasteiger partial charge on any atom is 0.287 e. The van der Waals surface area contributed by atoms with E-state index < -0.39 is 11.9 Å². The second kappa shape index (κ2) is 9.12. The molecule has 0 aliphatic carbocycles. The molecule has 0 radical (unpaired) electrons. The summed E-state index contributed by atoms with van der Waals surface area (Å²) in [5, 5.41) is 8.00. The van der Waals surface area contributed by atoms with E-state index in [1.165, 1.54) is 17.6 Å². The van der Waals surface area contributed by atoms with Crippen LogP contribution in [0.3, 0.4) is 0 Å². The third kappa shape index (κ3) is 5.38. The van der Waals surface area contributed by atoms with Gasteiger partial charge in [-0.3, -0.25) is 14.5 Å². The van der Waals surface area contributed by atoms with E-state index in [9.17, 15) is 9.59 Å². The standard InChI is InChI=1S/C18H24N4O4S/c1-12(2)15(20-16(23)14-4-3-7-26-14)17(24)21-18-19-13(11-27-18)10-22-5-8-25-9-6-22/h3-4,7,11-12,15H,5-6,8-10H2,1-2H3,(H,20,23)(H,19,21,24)/t15-/m1/s1. The van der Waals surface area contributed by atoms with E-state index in [1.807, 2.05) is 19.2 Å². The van der Waals surface area contributed by atoms with Crippen molar-refractivity contribution in [3.05, 3.63) is 35.2 Å². The van der Waals surface area contributed by atoms with Crippen molar-refractivity contribution in [1.82, 2.24) is 15.2 Å². The molecule has 0 bridgehead atoms. The molecule has 1 saturated heterocycles. The minimum atomic E-state index is -0.686. The maximum atomic E-state index is 12.6. The summed E-state index contributed by atoms with van der Waals surface area (Å²) in [5.74, 6) is -0.620. The molecule has 2 N–H and O–H groups in total. The lowest BCUT2D eigenvalue weighted by molar-refractivity contribution is -0.118. The summed E-state index contributed by atoms with van der Waals surface area (Å²) in [6, 6.07) is 2.50. The van der Waals surface area contributed by atoms with E-state index in [2.05, 4.69) is 20.5 Å². The number of carbonyl (C=O) groups excluding carboxylic acids is 2. The molecular weight excluding hydrogens is 368 g/mol. The molecule has 27 heavy (non-hydrogen) atoms. The highest BCUT2D eigenvalue weighted by atomic mass is 32.1. The number of hydrogen-bond acceptors (Lipinski definition) is 7. The quantitative estimate of drug-likeness (QED) is 0.748. The Labute approximate surface area is 161 Å². The van der Waals surface area contributed by atoms with E-state index in [0.717, 1.165) is 38.5 Å². The van der Waals surface area contributed by atoms with Gasteiger partial charge >= 0.3 is 0 Å². The van der Waals surface area contributed by atoms with Gasteiger partial charge in [0.25, 0.3) is 5.91 Å². The molecule has 2 amide bonds. The average Bonchev–Trinajstić information content (AvgIpc) is 3.32. The largest absolute Gasteiger partial charge is 0.459 e. The Morgan fingerprint density at radius 2 is 2.11 bits per heavy atom. The number of aromatic nitrogens is 1. The normalized spacial score (nSPS) is 16.3. The number of carbonyl (C=O) groups is 2. The Hall–Kier alpha value is -2.23. The predicted molar refractivity (Wildman–Crippen MR) is 102 cm³/mol. The lowest BCUT2D eigenvalue weighted by Crippen LogP contribution is -2.47. The fourth-order valence-electron chi connectivity index (χ4n) is 2.76. The molecule has 146 valence electrons. The topological polar surface area (TPSA) is 96.7 Å². The summed E-state index contributed by atoms with van der Waals surface area (Å²) < 4.78 is 10.4. The fourth-order valence-corrected chi connectivity index (χ4v) is 3.47. The van der Waals surface area contributed by atoms with Crippen LogP contribution in [-0.4, -0.2) is 54.0 Å². The second-order valence-electron chi connectivity index (χ2n) is 6.69. The summed E-state index contributed by atoms with van der Waals surface area (Å²) in [4.78, 5) is 31.6. The number of morpholine rings is 1. The highest BCUT2D eigenvalue weighted by Crippen LogP contribution is 2.18. The van der Waals surface area contributed by atoms with E-state index in [1.54, 1.807) is 12.1 Å². The van der Waals surface area contributed by atoms with Gasteiger partial charge in [0.15, 0.2) is 10.9 Å². The van der Waals surface area contributed by atoms with Crippen molar-refractivity contribution in [2.75, 3.05) is 31.6 Å². The van der Waals surface area contributed by atoms with Gasteiger partial charge in [0.1, 0.15) is 6.04 Å². The van der Waals surface area contributed by atoms with Crippen molar-refractivity contribution in [2.24, 2.45) is 5.92 Å². The second-order valence-corrected chi connectivity index (χ2v) is 7.55. The van der Waals surface area contributed by atoms with Gasteiger partial charge in [-0.2, -0.15) is 0 Å². The van der Waals surface area contributed by atoms with Crippen LogP contribution < -0.4 is 10.6 Å². The Morgan fingerprint density at radius 1 is 1.33 bits per heavy atom. The number of amides is 2. The molecule has 1 fully saturated rings. The Bertz CT molecular complexity index is 753. The molecule has 1 aliphatic rings. The number of anilines is 1. The number of rotatable bonds is 7. The summed E-state index contributed by atoms with van der Waals surface area (Å²) >= 11 is 1.38. The third-order valence-electron chi connectivity index (χ3n) is 4.25. The molecular formula is C18H24N4O4S. The van der Waals surface area contributed by atoms with Crippen LogP contribution in [0.15, 0.2) is 28.2 Å². The highest BCUT2D eigenvalue weighted by Gasteiger charge is 2.26. The Morgan fingerprint density at radius 3 is 2.78 bits per heavy atom. The van der Waals surface area contributed by atoms with Crippen molar-refractivity contribution >= 4 is 28.3 Å². The van der Waals surface area contributed by atoms with Crippen LogP contribution in [0.25, 0.3) is 0 Å². The molecule has 0 saturated carbocycles. The molecule has 2 aromatic rings. The van der Waals surface area contributed by atoms with Gasteiger partial charge in [0.05, 0.1) is 25.2 Å². The molecule has 9 heteroatoms. The number of thiazole rings is 1. The van der Waals surface area contributed by atoms with Crippen molar-refractivity contribution in [1.29, 1.82) is 0 Å². The van der Waals surface area contributed by atoms with E-state index in [-0.39, 0.29) is 17.6 Å². The molecule has 2 aromatic heterocycles. The fraction of sp³-hybridized carbons (Fsp3) is 0.500. The van der Waals surface area contributed by atoms with E-state index in [4.69, 9.17) is 9.15 Å². The van der Waals surface area contributed by atoms with Gasteiger partial charge in [-0.25, -0.2) is 4.98 Å². The van der Waals surface area contributed by atoms with Crippen LogP contribution in [0.4, 0.5) is 5.13 Å². The van der Waals surface area contributed by atoms with Crippen LogP contribution in [-0.2, 0) is 16.1 Å². The maximum absolute atomic E-state index is 12.6. The van der Waals surface area contributed by atoms with E-state index in [0.29, 0.717) is 5.13 Å². The van der Waals surface area contributed by atoms with Crippen LogP contribution in [0.1, 0.15) is 30.1 Å². The van der Waals surface area contributed by atoms with Crippen molar-refractivity contribution < 1.29 is 18.7 Å². The lowest BCUT2D eigenvalue weighted by Gasteiger charge is -2.25. The first-order valence-corrected chi connectivity index (χ1v) is 9.80. The number of nitrogens with one attached hydrogen (secondary N) is 2. The summed E-state index contributed by atoms with van der Waals surface area (Å²) in [5.41, 5.74) is 0.915. The molecule has 1 atom stereocenters. The van der Waals surface area contributed by atoms with Gasteiger partial charge in [-0.1, -0.05) is 13.8 Å². The molecule has 8 nitrogen and oxygen atoms in total. The minimum absolute atomic E-state index is 0.0864. The third-order valence-corrected chi connectivity index (χ3v) is 5.06. The molecule has 3 rings (SSSR count). The van der Waals surface area contributed by atoms with Crippen molar-refractivity contribution in [2.45, 2.75) is 26.4 Å². The van der Waals surface area contributed by atoms with Gasteiger partial charge in [-0.15, -0.1) is 11.3 Å². The van der Waals surface area contributed by atoms with Gasteiger partial charge in [-0.05, 0) is 18.1 Å². The SMILES string of the molecule is CC(C)[C@@H](NC(=O)c1ccco1)C(=O)Nc1nc(CN2CCOCC2)cs1. The number of furan rings is 1. The molecule has 0 aromatic carbocycles. The van der Waals surface area contributed by atoms with Crippen LogP contribution >= 0.6 is 11.3 Å². The first-order chi connectivity index (χ1) is 13.0. The monoisotopic (exact) mass is 392 g/mol. The van der Waals surface area contributed by atoms with Crippen LogP contribution in [0.2, 0.25) is 0 Å². The van der Waals surface area contributed by atoms with Gasteiger partial charge in [0, 0.05) is 25.0 Å². The van der Waals surface area contributed by atoms with E-state index >= 15 is 0 Å². The van der Waals surface area contributed by atoms with Gasteiger partial charge < -0.3 is 19.8 Å². The molecule has 0 spiro atoms. The number of hydrogen-bond donors (Lipinski definition) is 2. The molecule has 1 aliphatic heterocycles. The first-order valence-electron chi connectivity index (χ1n) is 8.92. The summed E-state index contributed by atoms with van der Waals surface area (Å²) in [6.45, 7) is 7.72. The number of nitrogens with zero attached hydrogens (tertiary/aromatic N) is 2. The van der Waals surface area contributed by atoms with Crippen molar-refractivity contribution in [3.8, 4) is 0 Å². The predicted octanol–water partition coefficient (Wildman–Crippen LogP) is 1.96. The smallest absolute Gasteiger partial charge is 0.287 e. The van der Waals surface area contributed by atoms with Crippen LogP contribution in [0, 0.1) is 5.92 Å². The zero-order valence-electron chi connectivity index (χ0n) is 15.4.